The zero-order valence-electron chi connectivity index (χ0n) is 13.9. The van der Waals surface area contributed by atoms with Crippen LogP contribution in [0.2, 0.25) is 0 Å². The molecule has 0 aliphatic heterocycles. The molecular formula is C18H24F3N. The molecule has 0 spiro atoms. The van der Waals surface area contributed by atoms with E-state index >= 15 is 0 Å². The molecule has 0 bridgehead atoms. The van der Waals surface area contributed by atoms with Gasteiger partial charge >= 0.3 is 0 Å². The second-order valence-electron chi connectivity index (χ2n) is 6.14. The first-order valence-corrected chi connectivity index (χ1v) is 7.62. The van der Waals surface area contributed by atoms with Gasteiger partial charge in [0.1, 0.15) is 0 Å². The molecule has 122 valence electrons. The third-order valence-electron chi connectivity index (χ3n) is 4.02. The lowest BCUT2D eigenvalue weighted by molar-refractivity contribution is 0.446. The maximum Gasteiger partial charge on any atom is 0.194 e. The quantitative estimate of drug-likeness (QED) is 0.493. The summed E-state index contributed by atoms with van der Waals surface area (Å²) in [5.74, 6) is -3.48. The molecule has 1 rings (SSSR count). The van der Waals surface area contributed by atoms with Crippen LogP contribution >= 0.6 is 0 Å². The number of nitrogens with one attached hydrogen (secondary N) is 1. The van der Waals surface area contributed by atoms with E-state index in [1.165, 1.54) is 0 Å². The Morgan fingerprint density at radius 1 is 1.09 bits per heavy atom. The Kier molecular flexibility index (Phi) is 6.39. The van der Waals surface area contributed by atoms with Crippen molar-refractivity contribution in [2.45, 2.75) is 47.5 Å². The molecule has 1 nitrogen and oxygen atoms in total. The van der Waals surface area contributed by atoms with Crippen molar-refractivity contribution in [3.8, 4) is 0 Å². The van der Waals surface area contributed by atoms with E-state index in [-0.39, 0.29) is 5.92 Å². The van der Waals surface area contributed by atoms with Crippen molar-refractivity contribution in [2.75, 3.05) is 0 Å². The molecule has 0 aromatic heterocycles. The highest BCUT2D eigenvalue weighted by Gasteiger charge is 2.18. The van der Waals surface area contributed by atoms with Crippen molar-refractivity contribution in [3.05, 3.63) is 40.7 Å². The molecule has 0 heterocycles. The fourth-order valence-electron chi connectivity index (χ4n) is 2.25. The van der Waals surface area contributed by atoms with E-state index in [1.54, 1.807) is 6.92 Å². The van der Waals surface area contributed by atoms with Crippen LogP contribution in [-0.2, 0) is 0 Å². The largest absolute Gasteiger partial charge is 0.305 e. The Balaban J connectivity index is 3.40. The Morgan fingerprint density at radius 2 is 1.59 bits per heavy atom. The molecule has 0 amide bonds. The molecule has 4 heteroatoms. The Hall–Kier alpha value is -1.58. The van der Waals surface area contributed by atoms with Crippen LogP contribution in [0.1, 0.15) is 53.0 Å². The Morgan fingerprint density at radius 3 is 2.00 bits per heavy atom. The fourth-order valence-corrected chi connectivity index (χ4v) is 2.25. The summed E-state index contributed by atoms with van der Waals surface area (Å²) in [7, 11) is 0. The van der Waals surface area contributed by atoms with E-state index < -0.39 is 17.5 Å². The van der Waals surface area contributed by atoms with Crippen LogP contribution in [0.4, 0.5) is 13.2 Å². The van der Waals surface area contributed by atoms with Crippen LogP contribution in [0.5, 0.6) is 0 Å². The number of allylic oxidation sites excluding steroid dienone is 2. The van der Waals surface area contributed by atoms with Crippen molar-refractivity contribution in [1.82, 2.24) is 0 Å². The first-order chi connectivity index (χ1) is 10.2. The van der Waals surface area contributed by atoms with Gasteiger partial charge in [0.15, 0.2) is 17.5 Å². The summed E-state index contributed by atoms with van der Waals surface area (Å²) < 4.78 is 40.0. The second kappa shape index (κ2) is 7.61. The van der Waals surface area contributed by atoms with E-state index in [4.69, 9.17) is 5.41 Å². The van der Waals surface area contributed by atoms with Crippen LogP contribution in [0.25, 0.3) is 5.57 Å². The molecule has 1 N–H and O–H groups in total. The van der Waals surface area contributed by atoms with Gasteiger partial charge in [0, 0.05) is 5.71 Å². The second-order valence-corrected chi connectivity index (χ2v) is 6.14. The van der Waals surface area contributed by atoms with Gasteiger partial charge < -0.3 is 5.41 Å². The standard InChI is InChI=1S/C18H24F3N/c1-6-11(4)7-14(18(22)10(2)3)12(5)13-8-15(19)17(21)16(20)9-13/h8-11,22H,6-7H2,1-5H3/b14-12+,22-18?. The molecule has 1 aromatic carbocycles. The molecule has 0 saturated heterocycles. The fraction of sp³-hybridized carbons (Fsp3) is 0.500. The highest BCUT2D eigenvalue weighted by atomic mass is 19.2. The van der Waals surface area contributed by atoms with Crippen LogP contribution < -0.4 is 0 Å². The summed E-state index contributed by atoms with van der Waals surface area (Å²) >= 11 is 0. The summed E-state index contributed by atoms with van der Waals surface area (Å²) in [5.41, 5.74) is 2.18. The van der Waals surface area contributed by atoms with Gasteiger partial charge in [-0.15, -0.1) is 0 Å². The minimum absolute atomic E-state index is 0.0177. The SMILES string of the molecule is CCC(C)C/C(C(=N)C(C)C)=C(/C)c1cc(F)c(F)c(F)c1. The highest BCUT2D eigenvalue weighted by molar-refractivity contribution is 6.05. The number of hydrogen-bond acceptors (Lipinski definition) is 1. The zero-order valence-corrected chi connectivity index (χ0v) is 13.9. The van der Waals surface area contributed by atoms with Gasteiger partial charge in [-0.3, -0.25) is 0 Å². The van der Waals surface area contributed by atoms with Crippen molar-refractivity contribution in [3.63, 3.8) is 0 Å². The number of rotatable bonds is 6. The molecule has 0 saturated carbocycles. The Labute approximate surface area is 130 Å². The van der Waals surface area contributed by atoms with Crippen molar-refractivity contribution in [2.24, 2.45) is 11.8 Å². The van der Waals surface area contributed by atoms with Gasteiger partial charge in [-0.1, -0.05) is 34.1 Å². The lowest BCUT2D eigenvalue weighted by Crippen LogP contribution is -2.14. The summed E-state index contributed by atoms with van der Waals surface area (Å²) in [6, 6.07) is 2.00. The minimum Gasteiger partial charge on any atom is -0.305 e. The van der Waals surface area contributed by atoms with Gasteiger partial charge in [0.2, 0.25) is 0 Å². The van der Waals surface area contributed by atoms with E-state index in [2.05, 4.69) is 13.8 Å². The van der Waals surface area contributed by atoms with Crippen LogP contribution in [0.3, 0.4) is 0 Å². The molecule has 1 unspecified atom stereocenters. The predicted octanol–water partition coefficient (Wildman–Crippen LogP) is 5.99. The summed E-state index contributed by atoms with van der Waals surface area (Å²) in [6.45, 7) is 9.71. The zero-order chi connectivity index (χ0) is 17.0. The van der Waals surface area contributed by atoms with E-state index in [1.807, 2.05) is 13.8 Å². The van der Waals surface area contributed by atoms with Crippen LogP contribution in [0.15, 0.2) is 17.7 Å². The third-order valence-corrected chi connectivity index (χ3v) is 4.02. The molecule has 0 aliphatic carbocycles. The van der Waals surface area contributed by atoms with Gasteiger partial charge in [0.25, 0.3) is 0 Å². The average Bonchev–Trinajstić information content (AvgIpc) is 2.47. The predicted molar refractivity (Wildman–Crippen MR) is 85.5 cm³/mol. The topological polar surface area (TPSA) is 23.9 Å². The maximum absolute atomic E-state index is 13.5. The van der Waals surface area contributed by atoms with E-state index in [9.17, 15) is 13.2 Å². The molecule has 1 atom stereocenters. The number of benzene rings is 1. The average molecular weight is 311 g/mol. The summed E-state index contributed by atoms with van der Waals surface area (Å²) in [4.78, 5) is 0. The van der Waals surface area contributed by atoms with Crippen molar-refractivity contribution < 1.29 is 13.2 Å². The third kappa shape index (κ3) is 4.21. The highest BCUT2D eigenvalue weighted by Crippen LogP contribution is 2.29. The van der Waals surface area contributed by atoms with Crippen molar-refractivity contribution in [1.29, 1.82) is 5.41 Å². The summed E-state index contributed by atoms with van der Waals surface area (Å²) in [6.07, 6.45) is 1.62. The minimum atomic E-state index is -1.46. The molecule has 22 heavy (non-hydrogen) atoms. The summed E-state index contributed by atoms with van der Waals surface area (Å²) in [5, 5.41) is 8.28. The Bertz CT molecular complexity index is 565. The van der Waals surface area contributed by atoms with Gasteiger partial charge in [-0.2, -0.15) is 0 Å². The van der Waals surface area contributed by atoms with Gasteiger partial charge in [0.05, 0.1) is 0 Å². The van der Waals surface area contributed by atoms with Gasteiger partial charge in [-0.05, 0) is 54.0 Å². The van der Waals surface area contributed by atoms with Crippen LogP contribution in [-0.4, -0.2) is 5.71 Å². The maximum atomic E-state index is 13.5. The number of hydrogen-bond donors (Lipinski definition) is 1. The van der Waals surface area contributed by atoms with Crippen LogP contribution in [0, 0.1) is 34.7 Å². The van der Waals surface area contributed by atoms with Crippen molar-refractivity contribution >= 4 is 11.3 Å². The number of halogens is 3. The monoisotopic (exact) mass is 311 g/mol. The molecule has 0 fully saturated rings. The lowest BCUT2D eigenvalue weighted by Gasteiger charge is -2.20. The molecule has 0 radical (unpaired) electrons. The van der Waals surface area contributed by atoms with Gasteiger partial charge in [-0.25, -0.2) is 13.2 Å². The van der Waals surface area contributed by atoms with E-state index in [0.29, 0.717) is 29.2 Å². The normalized spacial score (nSPS) is 14.0. The first kappa shape index (κ1) is 18.5. The van der Waals surface area contributed by atoms with E-state index in [0.717, 1.165) is 24.1 Å². The molecular weight excluding hydrogens is 287 g/mol. The lowest BCUT2D eigenvalue weighted by atomic mass is 9.86. The molecule has 0 aliphatic rings. The smallest absolute Gasteiger partial charge is 0.194 e. The molecule has 1 aromatic rings. The first-order valence-electron chi connectivity index (χ1n) is 7.62.